The second-order valence-corrected chi connectivity index (χ2v) is 7.16. The van der Waals surface area contributed by atoms with E-state index < -0.39 is 0 Å². The second kappa shape index (κ2) is 7.20. The Morgan fingerprint density at radius 1 is 1.18 bits per heavy atom. The highest BCUT2D eigenvalue weighted by Gasteiger charge is 2.29. The molecule has 1 aromatic rings. The molecular weight excluding hydrogens is 319 g/mol. The lowest BCUT2D eigenvalue weighted by Crippen LogP contribution is -2.43. The number of benzene rings is 1. The minimum atomic E-state index is 0.191. The van der Waals surface area contributed by atoms with Crippen molar-refractivity contribution in [1.82, 2.24) is 10.2 Å². The molecule has 1 amide bonds. The molecule has 2 aliphatic rings. The number of nitrogens with one attached hydrogen (secondary N) is 1. The monoisotopic (exact) mass is 340 g/mol. The maximum absolute atomic E-state index is 12.4. The molecule has 3 rings (SSSR count). The van der Waals surface area contributed by atoms with E-state index in [1.54, 1.807) is 12.1 Å². The van der Waals surface area contributed by atoms with Crippen molar-refractivity contribution in [2.75, 3.05) is 19.6 Å². The fraction of sp³-hybridized carbons (Fsp3) is 0.588. The van der Waals surface area contributed by atoms with E-state index in [4.69, 9.17) is 23.2 Å². The predicted octanol–water partition coefficient (Wildman–Crippen LogP) is 3.53. The molecule has 2 saturated heterocycles. The molecular formula is C17H22Cl2N2O. The molecule has 3 nitrogen and oxygen atoms in total. The van der Waals surface area contributed by atoms with Crippen LogP contribution in [0.15, 0.2) is 18.2 Å². The molecule has 1 atom stereocenters. The van der Waals surface area contributed by atoms with Gasteiger partial charge in [0.25, 0.3) is 0 Å². The van der Waals surface area contributed by atoms with Crippen LogP contribution in [0.1, 0.15) is 31.2 Å². The van der Waals surface area contributed by atoms with Crippen LogP contribution in [-0.2, 0) is 11.2 Å². The van der Waals surface area contributed by atoms with E-state index in [-0.39, 0.29) is 5.91 Å². The Morgan fingerprint density at radius 3 is 2.59 bits per heavy atom. The number of hydrogen-bond donors (Lipinski definition) is 1. The van der Waals surface area contributed by atoms with Crippen molar-refractivity contribution in [3.05, 3.63) is 33.8 Å². The highest BCUT2D eigenvalue weighted by molar-refractivity contribution is 6.42. The first-order valence-electron chi connectivity index (χ1n) is 8.08. The predicted molar refractivity (Wildman–Crippen MR) is 90.5 cm³/mol. The standard InChI is InChI=1S/C17H22Cl2N2O/c18-14-4-3-12(10-15(14)19)11-17(22)21-8-5-13(6-9-21)16-2-1-7-20-16/h3-4,10,13,16,20H,1-2,5-9,11H2. The van der Waals surface area contributed by atoms with E-state index in [9.17, 15) is 4.79 Å². The van der Waals surface area contributed by atoms with E-state index in [2.05, 4.69) is 5.32 Å². The summed E-state index contributed by atoms with van der Waals surface area (Å²) in [5.74, 6) is 0.924. The molecule has 2 aliphatic heterocycles. The highest BCUT2D eigenvalue weighted by Crippen LogP contribution is 2.27. The molecule has 22 heavy (non-hydrogen) atoms. The Balaban J connectivity index is 1.52. The van der Waals surface area contributed by atoms with Gasteiger partial charge in [-0.2, -0.15) is 0 Å². The van der Waals surface area contributed by atoms with Crippen molar-refractivity contribution in [3.8, 4) is 0 Å². The summed E-state index contributed by atoms with van der Waals surface area (Å²) in [6, 6.07) is 6.09. The van der Waals surface area contributed by atoms with Gasteiger partial charge in [0.05, 0.1) is 16.5 Å². The van der Waals surface area contributed by atoms with Crippen molar-refractivity contribution < 1.29 is 4.79 Å². The second-order valence-electron chi connectivity index (χ2n) is 6.35. The zero-order valence-electron chi connectivity index (χ0n) is 12.7. The number of rotatable bonds is 3. The van der Waals surface area contributed by atoms with Gasteiger partial charge < -0.3 is 10.2 Å². The maximum atomic E-state index is 12.4. The first-order chi connectivity index (χ1) is 10.6. The Bertz CT molecular complexity index is 535. The van der Waals surface area contributed by atoms with Crippen LogP contribution in [0.3, 0.4) is 0 Å². The van der Waals surface area contributed by atoms with E-state index in [1.807, 2.05) is 11.0 Å². The molecule has 1 N–H and O–H groups in total. The minimum absolute atomic E-state index is 0.191. The average molecular weight is 341 g/mol. The molecule has 1 aromatic carbocycles. The number of piperidine rings is 1. The Hall–Kier alpha value is -0.770. The van der Waals surface area contributed by atoms with Gasteiger partial charge in [-0.3, -0.25) is 4.79 Å². The molecule has 120 valence electrons. The lowest BCUT2D eigenvalue weighted by molar-refractivity contribution is -0.132. The summed E-state index contributed by atoms with van der Waals surface area (Å²) in [7, 11) is 0. The van der Waals surface area contributed by atoms with Gasteiger partial charge in [-0.05, 0) is 55.8 Å². The summed E-state index contributed by atoms with van der Waals surface area (Å²) >= 11 is 11.9. The van der Waals surface area contributed by atoms with Crippen LogP contribution in [0.5, 0.6) is 0 Å². The summed E-state index contributed by atoms with van der Waals surface area (Å²) in [5, 5.41) is 4.63. The van der Waals surface area contributed by atoms with Gasteiger partial charge in [0.15, 0.2) is 0 Å². The zero-order valence-corrected chi connectivity index (χ0v) is 14.2. The van der Waals surface area contributed by atoms with E-state index in [0.717, 1.165) is 44.0 Å². The lowest BCUT2D eigenvalue weighted by Gasteiger charge is -2.35. The maximum Gasteiger partial charge on any atom is 0.226 e. The van der Waals surface area contributed by atoms with Crippen LogP contribution in [0.4, 0.5) is 0 Å². The van der Waals surface area contributed by atoms with Crippen LogP contribution < -0.4 is 5.32 Å². The number of hydrogen-bond acceptors (Lipinski definition) is 2. The summed E-state index contributed by atoms with van der Waals surface area (Å²) in [5.41, 5.74) is 0.930. The fourth-order valence-corrected chi connectivity index (χ4v) is 3.92. The lowest BCUT2D eigenvalue weighted by atomic mass is 9.88. The highest BCUT2D eigenvalue weighted by atomic mass is 35.5. The SMILES string of the molecule is O=C(Cc1ccc(Cl)c(Cl)c1)N1CCC(C2CCCN2)CC1. The Labute approximate surface area is 142 Å². The number of carbonyl (C=O) groups is 1. The number of amides is 1. The van der Waals surface area contributed by atoms with Crippen LogP contribution in [-0.4, -0.2) is 36.5 Å². The Kier molecular flexibility index (Phi) is 5.27. The van der Waals surface area contributed by atoms with Crippen molar-refractivity contribution >= 4 is 29.1 Å². The quantitative estimate of drug-likeness (QED) is 0.912. The third-order valence-corrected chi connectivity index (χ3v) is 5.64. The van der Waals surface area contributed by atoms with Crippen LogP contribution in [0, 0.1) is 5.92 Å². The van der Waals surface area contributed by atoms with Gasteiger partial charge >= 0.3 is 0 Å². The average Bonchev–Trinajstić information content (AvgIpc) is 3.05. The smallest absolute Gasteiger partial charge is 0.226 e. The molecule has 0 saturated carbocycles. The first-order valence-corrected chi connectivity index (χ1v) is 8.84. The van der Waals surface area contributed by atoms with E-state index in [1.165, 1.54) is 12.8 Å². The van der Waals surface area contributed by atoms with Gasteiger partial charge in [-0.15, -0.1) is 0 Å². The fourth-order valence-electron chi connectivity index (χ4n) is 3.60. The van der Waals surface area contributed by atoms with Crippen molar-refractivity contribution in [2.45, 2.75) is 38.1 Å². The van der Waals surface area contributed by atoms with Crippen molar-refractivity contribution in [2.24, 2.45) is 5.92 Å². The van der Waals surface area contributed by atoms with Crippen LogP contribution >= 0.6 is 23.2 Å². The first kappa shape index (κ1) is 16.1. The van der Waals surface area contributed by atoms with Crippen molar-refractivity contribution in [1.29, 1.82) is 0 Å². The van der Waals surface area contributed by atoms with Crippen LogP contribution in [0.25, 0.3) is 0 Å². The number of likely N-dealkylation sites (tertiary alicyclic amines) is 1. The molecule has 2 heterocycles. The van der Waals surface area contributed by atoms with Gasteiger partial charge in [0.2, 0.25) is 5.91 Å². The van der Waals surface area contributed by atoms with Crippen LogP contribution in [0.2, 0.25) is 10.0 Å². The molecule has 0 radical (unpaired) electrons. The zero-order chi connectivity index (χ0) is 15.5. The summed E-state index contributed by atoms with van der Waals surface area (Å²) < 4.78 is 0. The topological polar surface area (TPSA) is 32.3 Å². The third-order valence-electron chi connectivity index (χ3n) is 4.90. The summed E-state index contributed by atoms with van der Waals surface area (Å²) in [4.78, 5) is 14.4. The van der Waals surface area contributed by atoms with E-state index in [0.29, 0.717) is 22.5 Å². The summed E-state index contributed by atoms with van der Waals surface area (Å²) in [6.07, 6.45) is 5.22. The number of carbonyl (C=O) groups excluding carboxylic acids is 1. The normalized spacial score (nSPS) is 23.0. The van der Waals surface area contributed by atoms with E-state index >= 15 is 0 Å². The summed E-state index contributed by atoms with van der Waals surface area (Å²) in [6.45, 7) is 2.91. The largest absolute Gasteiger partial charge is 0.342 e. The van der Waals surface area contributed by atoms with Gasteiger partial charge in [-0.25, -0.2) is 0 Å². The Morgan fingerprint density at radius 2 is 1.95 bits per heavy atom. The molecule has 2 fully saturated rings. The van der Waals surface area contributed by atoms with Gasteiger partial charge in [0.1, 0.15) is 0 Å². The number of halogens is 2. The molecule has 0 aromatic heterocycles. The minimum Gasteiger partial charge on any atom is -0.342 e. The molecule has 0 spiro atoms. The molecule has 0 aliphatic carbocycles. The molecule has 0 bridgehead atoms. The molecule has 1 unspecified atom stereocenters. The van der Waals surface area contributed by atoms with Crippen molar-refractivity contribution in [3.63, 3.8) is 0 Å². The van der Waals surface area contributed by atoms with Gasteiger partial charge in [-0.1, -0.05) is 29.3 Å². The number of nitrogens with zero attached hydrogens (tertiary/aromatic N) is 1. The molecule has 5 heteroatoms. The third kappa shape index (κ3) is 3.76. The van der Waals surface area contributed by atoms with Gasteiger partial charge in [0, 0.05) is 19.1 Å².